The van der Waals surface area contributed by atoms with Gasteiger partial charge in [0.25, 0.3) is 0 Å². The Hall–Kier alpha value is -3.08. The third kappa shape index (κ3) is 4.07. The smallest absolute Gasteiger partial charge is 0.310 e. The number of esters is 1. The molecule has 0 aliphatic rings. The summed E-state index contributed by atoms with van der Waals surface area (Å²) in [6, 6.07) is 16.2. The summed E-state index contributed by atoms with van der Waals surface area (Å²) in [6.45, 7) is -0.516. The average Bonchev–Trinajstić information content (AvgIpc) is 2.62. The second kappa shape index (κ2) is 7.21. The van der Waals surface area contributed by atoms with E-state index in [1.165, 1.54) is 0 Å². The van der Waals surface area contributed by atoms with Gasteiger partial charge in [0, 0.05) is 5.56 Å². The minimum absolute atomic E-state index is 0.0237. The highest BCUT2D eigenvalue weighted by Crippen LogP contribution is 2.16. The van der Waals surface area contributed by atoms with Crippen LogP contribution >= 0.6 is 0 Å². The Kier molecular flexibility index (Phi) is 4.84. The van der Waals surface area contributed by atoms with Crippen LogP contribution in [-0.2, 0) is 16.0 Å². The van der Waals surface area contributed by atoms with Crippen molar-refractivity contribution in [3.63, 3.8) is 0 Å². The van der Waals surface area contributed by atoms with Crippen LogP contribution in [0.25, 0.3) is 10.8 Å². The van der Waals surface area contributed by atoms with Crippen LogP contribution in [0.4, 0.5) is 8.78 Å². The van der Waals surface area contributed by atoms with Gasteiger partial charge in [0.15, 0.2) is 24.0 Å². The Bertz CT molecular complexity index is 951. The van der Waals surface area contributed by atoms with Gasteiger partial charge in [0.1, 0.15) is 0 Å². The van der Waals surface area contributed by atoms with Crippen molar-refractivity contribution in [3.05, 3.63) is 83.4 Å². The third-order valence-electron chi connectivity index (χ3n) is 3.77. The number of benzene rings is 3. The molecule has 25 heavy (non-hydrogen) atoms. The van der Waals surface area contributed by atoms with Crippen LogP contribution in [0, 0.1) is 11.6 Å². The third-order valence-corrected chi connectivity index (χ3v) is 3.77. The first kappa shape index (κ1) is 16.8. The highest BCUT2D eigenvalue weighted by atomic mass is 19.2. The molecule has 0 heterocycles. The summed E-state index contributed by atoms with van der Waals surface area (Å²) < 4.78 is 30.9. The fourth-order valence-electron chi connectivity index (χ4n) is 2.47. The second-order valence-electron chi connectivity index (χ2n) is 5.57. The molecule has 5 heteroatoms. The molecular formula is C20H14F2O3. The fourth-order valence-corrected chi connectivity index (χ4v) is 2.47. The summed E-state index contributed by atoms with van der Waals surface area (Å²) in [6.07, 6.45) is 0.0237. The predicted octanol–water partition coefficient (Wildman–Crippen LogP) is 4.09. The van der Waals surface area contributed by atoms with E-state index in [1.54, 1.807) is 0 Å². The van der Waals surface area contributed by atoms with Crippen molar-refractivity contribution >= 4 is 22.5 Å². The first-order chi connectivity index (χ1) is 12.0. The van der Waals surface area contributed by atoms with Gasteiger partial charge >= 0.3 is 5.97 Å². The number of hydrogen-bond acceptors (Lipinski definition) is 3. The zero-order chi connectivity index (χ0) is 17.8. The largest absolute Gasteiger partial charge is 0.457 e. The molecule has 0 bridgehead atoms. The van der Waals surface area contributed by atoms with Crippen molar-refractivity contribution in [1.29, 1.82) is 0 Å². The molecule has 0 saturated carbocycles. The van der Waals surface area contributed by atoms with Crippen LogP contribution in [0.15, 0.2) is 60.7 Å². The van der Waals surface area contributed by atoms with Crippen LogP contribution in [0.3, 0.4) is 0 Å². The molecular weight excluding hydrogens is 326 g/mol. The number of hydrogen-bond donors (Lipinski definition) is 0. The maximum atomic E-state index is 13.1. The first-order valence-electron chi connectivity index (χ1n) is 7.64. The SMILES string of the molecule is O=C(Cc1ccc2ccccc2c1)OCC(=O)c1ccc(F)c(F)c1. The molecule has 126 valence electrons. The van der Waals surface area contributed by atoms with Crippen molar-refractivity contribution in [2.45, 2.75) is 6.42 Å². The van der Waals surface area contributed by atoms with Gasteiger partial charge in [0.05, 0.1) is 6.42 Å². The molecule has 0 unspecified atom stereocenters. The monoisotopic (exact) mass is 340 g/mol. The number of ketones is 1. The molecule has 3 aromatic rings. The lowest BCUT2D eigenvalue weighted by molar-refractivity contribution is -0.141. The number of fused-ring (bicyclic) bond motifs is 1. The standard InChI is InChI=1S/C20H14F2O3/c21-17-8-7-16(11-18(17)22)19(23)12-25-20(24)10-13-5-6-14-3-1-2-4-15(14)9-13/h1-9,11H,10,12H2. The van der Waals surface area contributed by atoms with Gasteiger partial charge in [0.2, 0.25) is 0 Å². The lowest BCUT2D eigenvalue weighted by Crippen LogP contribution is -2.16. The predicted molar refractivity (Wildman–Crippen MR) is 89.3 cm³/mol. The minimum Gasteiger partial charge on any atom is -0.457 e. The van der Waals surface area contributed by atoms with Gasteiger partial charge in [-0.05, 0) is 34.5 Å². The fraction of sp³-hybridized carbons (Fsp3) is 0.100. The van der Waals surface area contributed by atoms with E-state index in [9.17, 15) is 18.4 Å². The molecule has 0 aliphatic heterocycles. The Morgan fingerprint density at radius 1 is 0.840 bits per heavy atom. The van der Waals surface area contributed by atoms with E-state index < -0.39 is 30.0 Å². The molecule has 0 atom stereocenters. The Morgan fingerprint density at radius 2 is 1.60 bits per heavy atom. The molecule has 0 fully saturated rings. The normalized spacial score (nSPS) is 10.6. The number of Topliss-reactive ketones (excluding diaryl/α,β-unsaturated/α-hetero) is 1. The molecule has 0 spiro atoms. The molecule has 0 N–H and O–H groups in total. The van der Waals surface area contributed by atoms with E-state index >= 15 is 0 Å². The van der Waals surface area contributed by atoms with E-state index in [1.807, 2.05) is 42.5 Å². The second-order valence-corrected chi connectivity index (χ2v) is 5.57. The average molecular weight is 340 g/mol. The van der Waals surface area contributed by atoms with Crippen molar-refractivity contribution in [1.82, 2.24) is 0 Å². The van der Waals surface area contributed by atoms with Crippen molar-refractivity contribution in [3.8, 4) is 0 Å². The van der Waals surface area contributed by atoms with E-state index in [4.69, 9.17) is 4.74 Å². The molecule has 3 aromatic carbocycles. The lowest BCUT2D eigenvalue weighted by Gasteiger charge is -2.06. The van der Waals surface area contributed by atoms with Crippen LogP contribution in [0.2, 0.25) is 0 Å². The molecule has 0 amide bonds. The highest BCUT2D eigenvalue weighted by molar-refractivity contribution is 5.98. The minimum atomic E-state index is -1.12. The van der Waals surface area contributed by atoms with Crippen LogP contribution in [0.5, 0.6) is 0 Å². The number of carbonyl (C=O) groups is 2. The van der Waals surface area contributed by atoms with E-state index in [0.29, 0.717) is 0 Å². The summed E-state index contributed by atoms with van der Waals surface area (Å²) in [5.41, 5.74) is 0.724. The van der Waals surface area contributed by atoms with Gasteiger partial charge in [-0.2, -0.15) is 0 Å². The summed E-state index contributed by atoms with van der Waals surface area (Å²) in [4.78, 5) is 23.8. The van der Waals surface area contributed by atoms with Gasteiger partial charge in [-0.25, -0.2) is 8.78 Å². The van der Waals surface area contributed by atoms with E-state index in [-0.39, 0.29) is 12.0 Å². The van der Waals surface area contributed by atoms with Gasteiger partial charge in [-0.15, -0.1) is 0 Å². The number of carbonyl (C=O) groups excluding carboxylic acids is 2. The summed E-state index contributed by atoms with van der Waals surface area (Å²) in [5.74, 6) is -3.31. The molecule has 0 aromatic heterocycles. The first-order valence-corrected chi connectivity index (χ1v) is 7.64. The zero-order valence-electron chi connectivity index (χ0n) is 13.2. The molecule has 0 aliphatic carbocycles. The summed E-state index contributed by atoms with van der Waals surface area (Å²) in [5, 5.41) is 2.07. The zero-order valence-corrected chi connectivity index (χ0v) is 13.2. The van der Waals surface area contributed by atoms with Crippen molar-refractivity contribution in [2.24, 2.45) is 0 Å². The number of ether oxygens (including phenoxy) is 1. The lowest BCUT2D eigenvalue weighted by atomic mass is 10.1. The topological polar surface area (TPSA) is 43.4 Å². The van der Waals surface area contributed by atoms with Crippen molar-refractivity contribution < 1.29 is 23.1 Å². The quantitative estimate of drug-likeness (QED) is 0.519. The van der Waals surface area contributed by atoms with E-state index in [0.717, 1.165) is 34.5 Å². The van der Waals surface area contributed by atoms with Gasteiger partial charge < -0.3 is 4.74 Å². The van der Waals surface area contributed by atoms with Crippen LogP contribution in [0.1, 0.15) is 15.9 Å². The van der Waals surface area contributed by atoms with Crippen LogP contribution in [-0.4, -0.2) is 18.4 Å². The molecule has 0 saturated heterocycles. The van der Waals surface area contributed by atoms with E-state index in [2.05, 4.69) is 0 Å². The van der Waals surface area contributed by atoms with Gasteiger partial charge in [-0.1, -0.05) is 42.5 Å². The Balaban J connectivity index is 1.59. The highest BCUT2D eigenvalue weighted by Gasteiger charge is 2.13. The summed E-state index contributed by atoms with van der Waals surface area (Å²) in [7, 11) is 0. The molecule has 3 rings (SSSR count). The maximum Gasteiger partial charge on any atom is 0.310 e. The molecule has 0 radical (unpaired) electrons. The van der Waals surface area contributed by atoms with Crippen LogP contribution < -0.4 is 0 Å². The summed E-state index contributed by atoms with van der Waals surface area (Å²) >= 11 is 0. The number of rotatable bonds is 5. The Labute approximate surface area is 142 Å². The maximum absolute atomic E-state index is 13.1. The van der Waals surface area contributed by atoms with Crippen molar-refractivity contribution in [2.75, 3.05) is 6.61 Å². The Morgan fingerprint density at radius 3 is 2.36 bits per heavy atom. The molecule has 3 nitrogen and oxygen atoms in total. The number of halogens is 2. The van der Waals surface area contributed by atoms with Gasteiger partial charge in [-0.3, -0.25) is 9.59 Å².